The van der Waals surface area contributed by atoms with Crippen LogP contribution in [0.15, 0.2) is 0 Å². The van der Waals surface area contributed by atoms with E-state index < -0.39 is 29.0 Å². The summed E-state index contributed by atoms with van der Waals surface area (Å²) in [5.41, 5.74) is -2.08. The second-order valence-corrected chi connectivity index (χ2v) is 8.51. The molecule has 0 unspecified atom stereocenters. The van der Waals surface area contributed by atoms with Gasteiger partial charge < -0.3 is 4.90 Å². The van der Waals surface area contributed by atoms with Crippen molar-refractivity contribution in [2.75, 3.05) is 39.3 Å². The predicted octanol–water partition coefficient (Wildman–Crippen LogP) is 0.113. The van der Waals surface area contributed by atoms with E-state index in [1.165, 1.54) is 10.4 Å². The Bertz CT molecular complexity index is 620. The number of hydrogen-bond acceptors (Lipinski definition) is 4. The number of piperidine rings is 1. The number of hydrogen-bond donors (Lipinski definition) is 0. The minimum Gasteiger partial charge on any atom is -0.342 e. The summed E-state index contributed by atoms with van der Waals surface area (Å²) in [5.74, 6) is -0.285. The maximum atomic E-state index is 13.6. The molecule has 7 nitrogen and oxygen atoms in total. The Morgan fingerprint density at radius 3 is 2.39 bits per heavy atom. The van der Waals surface area contributed by atoms with Crippen molar-refractivity contribution in [1.82, 2.24) is 13.5 Å². The van der Waals surface area contributed by atoms with Crippen molar-refractivity contribution in [3.05, 3.63) is 0 Å². The summed E-state index contributed by atoms with van der Waals surface area (Å²) in [4.78, 5) is 14.3. The summed E-state index contributed by atoms with van der Waals surface area (Å²) >= 11 is 0. The van der Waals surface area contributed by atoms with Gasteiger partial charge in [-0.05, 0) is 25.7 Å². The van der Waals surface area contributed by atoms with Gasteiger partial charge in [-0.15, -0.1) is 0 Å². The Morgan fingerprint density at radius 2 is 1.78 bits per heavy atom. The average Bonchev–Trinajstić information content (AvgIpc) is 3.05. The number of halogens is 1. The molecule has 0 aliphatic carbocycles. The molecule has 3 saturated heterocycles. The van der Waals surface area contributed by atoms with Crippen LogP contribution in [0.1, 0.15) is 25.7 Å². The van der Waals surface area contributed by atoms with Crippen molar-refractivity contribution >= 4 is 16.1 Å². The molecule has 23 heavy (non-hydrogen) atoms. The van der Waals surface area contributed by atoms with E-state index >= 15 is 0 Å². The number of carbonyl (C=O) groups excluding carboxylic acids is 1. The van der Waals surface area contributed by atoms with Crippen LogP contribution in [0.2, 0.25) is 0 Å². The van der Waals surface area contributed by atoms with Gasteiger partial charge in [-0.3, -0.25) is 4.79 Å². The van der Waals surface area contributed by atoms with E-state index in [9.17, 15) is 17.6 Å². The maximum absolute atomic E-state index is 13.6. The zero-order chi connectivity index (χ0) is 16.7. The maximum Gasteiger partial charge on any atom is 0.282 e. The number of alkyl halides is 1. The Morgan fingerprint density at radius 1 is 1.13 bits per heavy atom. The van der Waals surface area contributed by atoms with Crippen molar-refractivity contribution in [2.24, 2.45) is 5.92 Å². The third kappa shape index (κ3) is 3.07. The largest absolute Gasteiger partial charge is 0.342 e. The van der Waals surface area contributed by atoms with Crippen LogP contribution >= 0.6 is 0 Å². The van der Waals surface area contributed by atoms with Gasteiger partial charge in [-0.25, -0.2) is 4.39 Å². The van der Waals surface area contributed by atoms with Gasteiger partial charge in [0.15, 0.2) is 0 Å². The molecule has 0 aromatic rings. The number of rotatable bonds is 3. The van der Waals surface area contributed by atoms with Gasteiger partial charge in [0.1, 0.15) is 6.07 Å². The summed E-state index contributed by atoms with van der Waals surface area (Å²) in [7, 11) is -3.79. The van der Waals surface area contributed by atoms with Crippen LogP contribution < -0.4 is 0 Å². The molecule has 0 N–H and O–H groups in total. The SMILES string of the molecule is N#CC1(F)CN(S(=O)(=O)N2CCC[C@H](C(=O)N3CCCC3)C2)C1. The predicted molar refractivity (Wildman–Crippen MR) is 80.1 cm³/mol. The zero-order valence-corrected chi connectivity index (χ0v) is 13.8. The van der Waals surface area contributed by atoms with Crippen LogP contribution in [0.3, 0.4) is 0 Å². The molecule has 9 heteroatoms. The van der Waals surface area contributed by atoms with E-state index in [0.717, 1.165) is 30.2 Å². The molecule has 1 amide bonds. The van der Waals surface area contributed by atoms with E-state index in [1.54, 1.807) is 0 Å². The number of nitrogens with zero attached hydrogens (tertiary/aromatic N) is 4. The average molecular weight is 344 g/mol. The number of nitriles is 1. The summed E-state index contributed by atoms with van der Waals surface area (Å²) in [5, 5.41) is 8.66. The Hall–Kier alpha value is -1.24. The first-order valence-corrected chi connectivity index (χ1v) is 9.40. The van der Waals surface area contributed by atoms with Crippen LogP contribution in [0.4, 0.5) is 4.39 Å². The van der Waals surface area contributed by atoms with Crippen molar-refractivity contribution in [1.29, 1.82) is 5.26 Å². The normalized spacial score (nSPS) is 29.0. The van der Waals surface area contributed by atoms with Gasteiger partial charge in [0, 0.05) is 26.2 Å². The van der Waals surface area contributed by atoms with Crippen molar-refractivity contribution < 1.29 is 17.6 Å². The van der Waals surface area contributed by atoms with Gasteiger partial charge >= 0.3 is 0 Å². The van der Waals surface area contributed by atoms with Crippen LogP contribution in [0.5, 0.6) is 0 Å². The highest BCUT2D eigenvalue weighted by Gasteiger charge is 2.51. The van der Waals surface area contributed by atoms with Crippen molar-refractivity contribution in [3.63, 3.8) is 0 Å². The fourth-order valence-corrected chi connectivity index (χ4v) is 5.25. The van der Waals surface area contributed by atoms with E-state index in [-0.39, 0.29) is 18.4 Å². The topological polar surface area (TPSA) is 84.7 Å². The fourth-order valence-electron chi connectivity index (χ4n) is 3.46. The molecule has 3 aliphatic heterocycles. The Balaban J connectivity index is 1.64. The van der Waals surface area contributed by atoms with Gasteiger partial charge in [-0.2, -0.15) is 22.3 Å². The highest BCUT2D eigenvalue weighted by Crippen LogP contribution is 2.31. The Labute approximate surface area is 135 Å². The Kier molecular flexibility index (Phi) is 4.33. The summed E-state index contributed by atoms with van der Waals surface area (Å²) in [6.07, 6.45) is 3.31. The lowest BCUT2D eigenvalue weighted by atomic mass is 9.98. The summed E-state index contributed by atoms with van der Waals surface area (Å²) < 4.78 is 40.9. The molecule has 0 spiro atoms. The monoisotopic (exact) mass is 344 g/mol. The molecule has 0 aromatic carbocycles. The minimum atomic E-state index is -3.79. The standard InChI is InChI=1S/C14H21FN4O3S/c15-14(9-16)10-19(11-14)23(21,22)18-7-3-4-12(8-18)13(20)17-5-1-2-6-17/h12H,1-8,10-11H2/t12-/m0/s1. The number of likely N-dealkylation sites (tertiary alicyclic amines) is 1. The first-order chi connectivity index (χ1) is 10.9. The molecule has 3 heterocycles. The molecule has 3 aliphatic rings. The van der Waals surface area contributed by atoms with Crippen molar-refractivity contribution in [3.8, 4) is 6.07 Å². The molecular formula is C14H21FN4O3S. The highest BCUT2D eigenvalue weighted by molar-refractivity contribution is 7.86. The van der Waals surface area contributed by atoms with Gasteiger partial charge in [0.2, 0.25) is 11.6 Å². The zero-order valence-electron chi connectivity index (χ0n) is 12.9. The molecule has 0 saturated carbocycles. The van der Waals surface area contributed by atoms with Gasteiger partial charge in [-0.1, -0.05) is 0 Å². The summed E-state index contributed by atoms with van der Waals surface area (Å²) in [6.45, 7) is 1.15. The third-order valence-electron chi connectivity index (χ3n) is 4.86. The molecule has 0 radical (unpaired) electrons. The first-order valence-electron chi connectivity index (χ1n) is 8.00. The quantitative estimate of drug-likeness (QED) is 0.727. The van der Waals surface area contributed by atoms with Crippen LogP contribution in [-0.2, 0) is 15.0 Å². The third-order valence-corrected chi connectivity index (χ3v) is 6.75. The highest BCUT2D eigenvalue weighted by atomic mass is 32.2. The molecular weight excluding hydrogens is 323 g/mol. The smallest absolute Gasteiger partial charge is 0.282 e. The molecule has 0 aromatic heterocycles. The van der Waals surface area contributed by atoms with Gasteiger partial charge in [0.05, 0.1) is 19.0 Å². The van der Waals surface area contributed by atoms with E-state index in [0.29, 0.717) is 19.4 Å². The van der Waals surface area contributed by atoms with Gasteiger partial charge in [0.25, 0.3) is 10.2 Å². The minimum absolute atomic E-state index is 0.0304. The van der Waals surface area contributed by atoms with Crippen LogP contribution in [0, 0.1) is 17.2 Å². The first kappa shape index (κ1) is 16.6. The molecule has 1 atom stereocenters. The molecule has 128 valence electrons. The fraction of sp³-hybridized carbons (Fsp3) is 0.857. The van der Waals surface area contributed by atoms with Crippen molar-refractivity contribution in [2.45, 2.75) is 31.4 Å². The van der Waals surface area contributed by atoms with E-state index in [1.807, 2.05) is 4.90 Å². The van der Waals surface area contributed by atoms with E-state index in [4.69, 9.17) is 5.26 Å². The second-order valence-electron chi connectivity index (χ2n) is 6.58. The molecule has 3 rings (SSSR count). The molecule has 0 bridgehead atoms. The molecule has 3 fully saturated rings. The number of carbonyl (C=O) groups is 1. The lowest BCUT2D eigenvalue weighted by Crippen LogP contribution is -2.64. The van der Waals surface area contributed by atoms with Crippen LogP contribution in [0.25, 0.3) is 0 Å². The summed E-state index contributed by atoms with van der Waals surface area (Å²) in [6, 6.07) is 1.49. The van der Waals surface area contributed by atoms with E-state index in [2.05, 4.69) is 0 Å². The van der Waals surface area contributed by atoms with Crippen LogP contribution in [-0.4, -0.2) is 72.8 Å². The lowest BCUT2D eigenvalue weighted by molar-refractivity contribution is -0.135. The lowest BCUT2D eigenvalue weighted by Gasteiger charge is -2.43. The second kappa shape index (κ2) is 6.00. The number of amides is 1.